The number of hydrogen-bond donors (Lipinski definition) is 1. The van der Waals surface area contributed by atoms with Crippen molar-refractivity contribution >= 4 is 11.6 Å². The van der Waals surface area contributed by atoms with E-state index in [-0.39, 0.29) is 18.5 Å². The van der Waals surface area contributed by atoms with Gasteiger partial charge in [0.2, 0.25) is 0 Å². The predicted octanol–water partition coefficient (Wildman–Crippen LogP) is 3.09. The number of esters is 1. The molecule has 3 aromatic rings. The van der Waals surface area contributed by atoms with Crippen LogP contribution in [-0.2, 0) is 16.1 Å². The van der Waals surface area contributed by atoms with Gasteiger partial charge in [0.15, 0.2) is 5.65 Å². The van der Waals surface area contributed by atoms with Crippen molar-refractivity contribution in [1.82, 2.24) is 14.6 Å². The highest BCUT2D eigenvalue weighted by Gasteiger charge is 2.30. The highest BCUT2D eigenvalue weighted by atomic mass is 16.5. The molecular formula is C21H25N3O3. The number of hydrogen-bond acceptors (Lipinski definition) is 5. The molecule has 142 valence electrons. The minimum Gasteiger partial charge on any atom is -0.469 e. The van der Waals surface area contributed by atoms with Crippen LogP contribution in [0.1, 0.15) is 46.5 Å². The zero-order chi connectivity index (χ0) is 19.7. The van der Waals surface area contributed by atoms with Gasteiger partial charge < -0.3 is 9.84 Å². The summed E-state index contributed by atoms with van der Waals surface area (Å²) in [5, 5.41) is 18.1. The number of benzene rings is 1. The number of carbonyl (C=O) groups excluding carboxylic acids is 1. The summed E-state index contributed by atoms with van der Waals surface area (Å²) in [5.41, 5.74) is 5.59. The van der Waals surface area contributed by atoms with Crippen molar-refractivity contribution in [3.63, 3.8) is 0 Å². The molecule has 0 aliphatic heterocycles. The average molecular weight is 367 g/mol. The van der Waals surface area contributed by atoms with Crippen LogP contribution in [0.3, 0.4) is 0 Å². The van der Waals surface area contributed by atoms with Gasteiger partial charge >= 0.3 is 5.97 Å². The molecule has 0 fully saturated rings. The number of aromatic nitrogens is 3. The molecule has 6 nitrogen and oxygen atoms in total. The molecule has 0 saturated heterocycles. The Hall–Kier alpha value is -2.73. The smallest absolute Gasteiger partial charge is 0.309 e. The number of rotatable bonds is 5. The van der Waals surface area contributed by atoms with Gasteiger partial charge in [-0.1, -0.05) is 25.1 Å². The van der Waals surface area contributed by atoms with Crippen LogP contribution in [-0.4, -0.2) is 32.8 Å². The third-order valence-corrected chi connectivity index (χ3v) is 5.35. The first-order chi connectivity index (χ1) is 12.9. The van der Waals surface area contributed by atoms with E-state index in [1.807, 2.05) is 62.6 Å². The number of nitrogens with zero attached hydrogens (tertiary/aromatic N) is 3. The van der Waals surface area contributed by atoms with Crippen molar-refractivity contribution in [3.05, 3.63) is 64.1 Å². The molecule has 2 atom stereocenters. The van der Waals surface area contributed by atoms with Crippen LogP contribution in [0.4, 0.5) is 0 Å². The van der Waals surface area contributed by atoms with Gasteiger partial charge in [0, 0.05) is 12.1 Å². The number of fused-ring (bicyclic) bond motifs is 1. The van der Waals surface area contributed by atoms with Crippen LogP contribution in [0, 0.1) is 26.7 Å². The Morgan fingerprint density at radius 3 is 2.63 bits per heavy atom. The summed E-state index contributed by atoms with van der Waals surface area (Å²) >= 11 is 0. The largest absolute Gasteiger partial charge is 0.469 e. The molecule has 1 N–H and O–H groups in total. The second-order valence-corrected chi connectivity index (χ2v) is 6.97. The Morgan fingerprint density at radius 2 is 1.96 bits per heavy atom. The third kappa shape index (κ3) is 3.32. The fraction of sp³-hybridized carbons (Fsp3) is 0.381. The summed E-state index contributed by atoms with van der Waals surface area (Å²) in [6.07, 6.45) is 1.94. The summed E-state index contributed by atoms with van der Waals surface area (Å²) in [4.78, 5) is 12.4. The van der Waals surface area contributed by atoms with Gasteiger partial charge in [-0.3, -0.25) is 9.20 Å². The number of aliphatic hydroxyl groups is 1. The number of pyridine rings is 1. The van der Waals surface area contributed by atoms with Crippen molar-refractivity contribution in [2.45, 2.75) is 40.2 Å². The monoisotopic (exact) mass is 367 g/mol. The number of methoxy groups -OCH3 is 1. The van der Waals surface area contributed by atoms with Gasteiger partial charge in [-0.2, -0.15) is 0 Å². The van der Waals surface area contributed by atoms with E-state index in [0.29, 0.717) is 0 Å². The summed E-state index contributed by atoms with van der Waals surface area (Å²) < 4.78 is 6.96. The van der Waals surface area contributed by atoms with E-state index >= 15 is 0 Å². The van der Waals surface area contributed by atoms with Crippen LogP contribution >= 0.6 is 0 Å². The topological polar surface area (TPSA) is 76.7 Å². The van der Waals surface area contributed by atoms with E-state index < -0.39 is 5.92 Å². The molecule has 0 saturated carbocycles. The van der Waals surface area contributed by atoms with E-state index in [1.54, 1.807) is 0 Å². The highest BCUT2D eigenvalue weighted by molar-refractivity contribution is 5.74. The standard InChI is InChI=1S/C21H25N3O3/c1-12-6-7-16(10-17(12)11-25)19(14(3)21(26)27-5)18-8-9-24-15(4)22-23-20(24)13(18)2/h6-10,14,19,25H,11H2,1-5H3/t14-,19+/m0/s1. The maximum absolute atomic E-state index is 12.4. The van der Waals surface area contributed by atoms with Crippen molar-refractivity contribution < 1.29 is 14.6 Å². The molecule has 2 heterocycles. The molecule has 0 aliphatic carbocycles. The average Bonchev–Trinajstić information content (AvgIpc) is 3.05. The lowest BCUT2D eigenvalue weighted by Gasteiger charge is -2.26. The SMILES string of the molecule is COC(=O)[C@@H](C)[C@H](c1ccc(C)c(CO)c1)c1ccn2c(C)nnc2c1C. The second-order valence-electron chi connectivity index (χ2n) is 6.97. The van der Waals surface area contributed by atoms with Crippen LogP contribution < -0.4 is 0 Å². The first-order valence-corrected chi connectivity index (χ1v) is 8.98. The first-order valence-electron chi connectivity index (χ1n) is 8.98. The van der Waals surface area contributed by atoms with Crippen molar-refractivity contribution in [3.8, 4) is 0 Å². The molecule has 0 aliphatic rings. The highest BCUT2D eigenvalue weighted by Crippen LogP contribution is 2.36. The summed E-state index contributed by atoms with van der Waals surface area (Å²) in [6.45, 7) is 7.69. The second kappa shape index (κ2) is 7.48. The maximum atomic E-state index is 12.4. The molecule has 0 amide bonds. The van der Waals surface area contributed by atoms with E-state index in [2.05, 4.69) is 10.2 Å². The lowest BCUT2D eigenvalue weighted by Crippen LogP contribution is -2.23. The molecule has 0 radical (unpaired) electrons. The lowest BCUT2D eigenvalue weighted by molar-refractivity contribution is -0.145. The number of aryl methyl sites for hydroxylation is 3. The van der Waals surface area contributed by atoms with E-state index in [1.165, 1.54) is 7.11 Å². The summed E-state index contributed by atoms with van der Waals surface area (Å²) in [7, 11) is 1.40. The Labute approximate surface area is 158 Å². The fourth-order valence-corrected chi connectivity index (χ4v) is 3.66. The van der Waals surface area contributed by atoms with E-state index in [0.717, 1.165) is 39.3 Å². The zero-order valence-corrected chi connectivity index (χ0v) is 16.4. The van der Waals surface area contributed by atoms with Crippen LogP contribution in [0.15, 0.2) is 30.5 Å². The Kier molecular flexibility index (Phi) is 5.28. The molecule has 1 aromatic carbocycles. The molecular weight excluding hydrogens is 342 g/mol. The van der Waals surface area contributed by atoms with Crippen LogP contribution in [0.5, 0.6) is 0 Å². The quantitative estimate of drug-likeness (QED) is 0.701. The number of carbonyl (C=O) groups is 1. The van der Waals surface area contributed by atoms with Crippen molar-refractivity contribution in [1.29, 1.82) is 0 Å². The van der Waals surface area contributed by atoms with Gasteiger partial charge in [-0.25, -0.2) is 0 Å². The normalized spacial score (nSPS) is 13.6. The fourth-order valence-electron chi connectivity index (χ4n) is 3.66. The molecule has 3 rings (SSSR count). The maximum Gasteiger partial charge on any atom is 0.309 e. The van der Waals surface area contributed by atoms with Gasteiger partial charge in [-0.15, -0.1) is 10.2 Å². The molecule has 2 aromatic heterocycles. The third-order valence-electron chi connectivity index (χ3n) is 5.35. The van der Waals surface area contributed by atoms with Crippen molar-refractivity contribution in [2.24, 2.45) is 5.92 Å². The summed E-state index contributed by atoms with van der Waals surface area (Å²) in [5.74, 6) is -0.0714. The van der Waals surface area contributed by atoms with Gasteiger partial charge in [-0.05, 0) is 54.7 Å². The Morgan fingerprint density at radius 1 is 1.22 bits per heavy atom. The Bertz CT molecular complexity index is 994. The lowest BCUT2D eigenvalue weighted by atomic mass is 9.79. The minimum atomic E-state index is -0.394. The van der Waals surface area contributed by atoms with Gasteiger partial charge in [0.05, 0.1) is 19.6 Å². The molecule has 6 heteroatoms. The predicted molar refractivity (Wildman–Crippen MR) is 103 cm³/mol. The number of ether oxygens (including phenoxy) is 1. The zero-order valence-electron chi connectivity index (χ0n) is 16.4. The van der Waals surface area contributed by atoms with Gasteiger partial charge in [0.1, 0.15) is 5.82 Å². The first kappa shape index (κ1) is 19.0. The van der Waals surface area contributed by atoms with Crippen LogP contribution in [0.25, 0.3) is 5.65 Å². The molecule has 0 unspecified atom stereocenters. The molecule has 0 bridgehead atoms. The summed E-state index contributed by atoms with van der Waals surface area (Å²) in [6, 6.07) is 7.98. The van der Waals surface area contributed by atoms with Crippen LogP contribution in [0.2, 0.25) is 0 Å². The molecule has 0 spiro atoms. The minimum absolute atomic E-state index is 0.0413. The Balaban J connectivity index is 2.22. The van der Waals surface area contributed by atoms with E-state index in [4.69, 9.17) is 4.74 Å². The van der Waals surface area contributed by atoms with Gasteiger partial charge in [0.25, 0.3) is 0 Å². The number of aliphatic hydroxyl groups excluding tert-OH is 1. The van der Waals surface area contributed by atoms with E-state index in [9.17, 15) is 9.90 Å². The molecule has 27 heavy (non-hydrogen) atoms. The van der Waals surface area contributed by atoms with Crippen molar-refractivity contribution in [2.75, 3.05) is 7.11 Å².